The first-order chi connectivity index (χ1) is 16.3. The molecule has 0 radical (unpaired) electrons. The number of nitrogens with one attached hydrogen (secondary N) is 1. The number of esters is 1. The van der Waals surface area contributed by atoms with E-state index in [1.165, 1.54) is 25.9 Å². The summed E-state index contributed by atoms with van der Waals surface area (Å²) in [7, 11) is 3.03. The largest absolute Gasteiger partial charge is 0.497 e. The van der Waals surface area contributed by atoms with E-state index in [1.54, 1.807) is 24.3 Å². The summed E-state index contributed by atoms with van der Waals surface area (Å²) in [5, 5.41) is 7.24. The van der Waals surface area contributed by atoms with Gasteiger partial charge in [-0.3, -0.25) is 9.48 Å². The minimum Gasteiger partial charge on any atom is -0.497 e. The molecular formula is C26H29N3O5. The lowest BCUT2D eigenvalue weighted by Crippen LogP contribution is -2.20. The Morgan fingerprint density at radius 1 is 1.03 bits per heavy atom. The van der Waals surface area contributed by atoms with Crippen molar-refractivity contribution in [3.63, 3.8) is 0 Å². The molecule has 0 aliphatic rings. The third-order valence-corrected chi connectivity index (χ3v) is 5.30. The van der Waals surface area contributed by atoms with E-state index in [9.17, 15) is 9.59 Å². The molecular weight excluding hydrogens is 434 g/mol. The van der Waals surface area contributed by atoms with Crippen molar-refractivity contribution in [2.45, 2.75) is 27.3 Å². The van der Waals surface area contributed by atoms with Gasteiger partial charge in [-0.05, 0) is 44.5 Å². The van der Waals surface area contributed by atoms with Gasteiger partial charge in [0.2, 0.25) is 0 Å². The third kappa shape index (κ3) is 6.25. The summed E-state index contributed by atoms with van der Waals surface area (Å²) in [5.74, 6) is -0.0721. The van der Waals surface area contributed by atoms with Gasteiger partial charge in [-0.1, -0.05) is 29.8 Å². The Balaban J connectivity index is 1.57. The predicted octanol–water partition coefficient (Wildman–Crippen LogP) is 4.07. The van der Waals surface area contributed by atoms with E-state index in [2.05, 4.69) is 41.6 Å². The highest BCUT2D eigenvalue weighted by Gasteiger charge is 2.12. The van der Waals surface area contributed by atoms with Crippen molar-refractivity contribution in [1.29, 1.82) is 0 Å². The molecule has 178 valence electrons. The minimum atomic E-state index is -0.623. The van der Waals surface area contributed by atoms with E-state index in [0.717, 1.165) is 22.5 Å². The first kappa shape index (κ1) is 24.6. The van der Waals surface area contributed by atoms with Crippen LogP contribution in [0, 0.1) is 20.8 Å². The molecule has 1 amide bonds. The number of benzene rings is 2. The summed E-state index contributed by atoms with van der Waals surface area (Å²) in [6.45, 7) is 6.10. The van der Waals surface area contributed by atoms with E-state index in [4.69, 9.17) is 14.2 Å². The number of carbonyl (C=O) groups excluding carboxylic acids is 2. The number of ether oxygens (including phenoxy) is 3. The monoisotopic (exact) mass is 463 g/mol. The number of hydrogen-bond acceptors (Lipinski definition) is 6. The standard InChI is InChI=1S/C26H29N3O5/c1-17-6-8-20(9-7-17)15-29-19(3)22(18(2)28-29)11-13-26(31)34-16-25(30)27-23-12-10-21(32-4)14-24(23)33-5/h6-14H,15-16H2,1-5H3,(H,27,30)/b13-11+. The molecule has 0 saturated carbocycles. The van der Waals surface area contributed by atoms with Crippen LogP contribution in [0.2, 0.25) is 0 Å². The molecule has 2 aromatic carbocycles. The molecule has 0 spiro atoms. The average molecular weight is 464 g/mol. The number of carbonyl (C=O) groups is 2. The Kier molecular flexibility index (Phi) is 8.08. The third-order valence-electron chi connectivity index (χ3n) is 5.30. The molecule has 1 N–H and O–H groups in total. The van der Waals surface area contributed by atoms with Gasteiger partial charge in [0.25, 0.3) is 5.91 Å². The highest BCUT2D eigenvalue weighted by atomic mass is 16.5. The lowest BCUT2D eigenvalue weighted by atomic mass is 10.1. The first-order valence-corrected chi connectivity index (χ1v) is 10.8. The molecule has 0 atom stereocenters. The van der Waals surface area contributed by atoms with Gasteiger partial charge in [-0.2, -0.15) is 5.10 Å². The molecule has 3 rings (SSSR count). The number of rotatable bonds is 9. The summed E-state index contributed by atoms with van der Waals surface area (Å²) in [5.41, 5.74) is 5.38. The molecule has 1 heterocycles. The zero-order valence-corrected chi connectivity index (χ0v) is 20.0. The van der Waals surface area contributed by atoms with Crippen molar-refractivity contribution >= 4 is 23.6 Å². The van der Waals surface area contributed by atoms with E-state index in [0.29, 0.717) is 23.7 Å². The van der Waals surface area contributed by atoms with Crippen LogP contribution in [0.5, 0.6) is 11.5 Å². The van der Waals surface area contributed by atoms with Gasteiger partial charge in [0.15, 0.2) is 6.61 Å². The SMILES string of the molecule is COc1ccc(NC(=O)COC(=O)/C=C/c2c(C)nn(Cc3ccc(C)cc3)c2C)c(OC)c1. The maximum Gasteiger partial charge on any atom is 0.331 e. The van der Waals surface area contributed by atoms with E-state index in [-0.39, 0.29) is 0 Å². The number of amides is 1. The first-order valence-electron chi connectivity index (χ1n) is 10.8. The van der Waals surface area contributed by atoms with Crippen molar-refractivity contribution in [3.8, 4) is 11.5 Å². The fraction of sp³-hybridized carbons (Fsp3) is 0.269. The summed E-state index contributed by atoms with van der Waals surface area (Å²) >= 11 is 0. The molecule has 0 saturated heterocycles. The number of aryl methyl sites for hydroxylation is 2. The van der Waals surface area contributed by atoms with Crippen LogP contribution in [0.15, 0.2) is 48.5 Å². The normalized spacial score (nSPS) is 10.9. The van der Waals surface area contributed by atoms with Crippen LogP contribution >= 0.6 is 0 Å². The number of methoxy groups -OCH3 is 2. The fourth-order valence-electron chi connectivity index (χ4n) is 3.40. The zero-order chi connectivity index (χ0) is 24.7. The van der Waals surface area contributed by atoms with Gasteiger partial charge >= 0.3 is 5.97 Å². The number of hydrogen-bond donors (Lipinski definition) is 1. The van der Waals surface area contributed by atoms with E-state index >= 15 is 0 Å². The second-order valence-corrected chi connectivity index (χ2v) is 7.78. The Labute approximate surface area is 199 Å². The van der Waals surface area contributed by atoms with Crippen LogP contribution in [0.4, 0.5) is 5.69 Å². The highest BCUT2D eigenvalue weighted by molar-refractivity contribution is 5.95. The lowest BCUT2D eigenvalue weighted by Gasteiger charge is -2.11. The summed E-state index contributed by atoms with van der Waals surface area (Å²) in [4.78, 5) is 24.4. The van der Waals surface area contributed by atoms with Crippen LogP contribution in [-0.4, -0.2) is 42.5 Å². The molecule has 8 nitrogen and oxygen atoms in total. The maximum absolute atomic E-state index is 12.2. The molecule has 0 aliphatic heterocycles. The number of aromatic nitrogens is 2. The summed E-state index contributed by atoms with van der Waals surface area (Å²) < 4.78 is 17.4. The predicted molar refractivity (Wildman–Crippen MR) is 130 cm³/mol. The van der Waals surface area contributed by atoms with Crippen molar-refractivity contribution in [1.82, 2.24) is 9.78 Å². The van der Waals surface area contributed by atoms with E-state index in [1.807, 2.05) is 18.5 Å². The van der Waals surface area contributed by atoms with Crippen LogP contribution in [-0.2, 0) is 20.9 Å². The molecule has 0 unspecified atom stereocenters. The van der Waals surface area contributed by atoms with Crippen molar-refractivity contribution in [3.05, 3.63) is 76.6 Å². The molecule has 3 aromatic rings. The quantitative estimate of drug-likeness (QED) is 0.380. The zero-order valence-electron chi connectivity index (χ0n) is 20.0. The second kappa shape index (κ2) is 11.2. The summed E-state index contributed by atoms with van der Waals surface area (Å²) in [6, 6.07) is 13.3. The van der Waals surface area contributed by atoms with E-state index < -0.39 is 18.5 Å². The molecule has 1 aromatic heterocycles. The lowest BCUT2D eigenvalue weighted by molar-refractivity contribution is -0.142. The van der Waals surface area contributed by atoms with Gasteiger partial charge in [-0.15, -0.1) is 0 Å². The minimum absolute atomic E-state index is 0.428. The smallest absolute Gasteiger partial charge is 0.331 e. The van der Waals surface area contributed by atoms with Gasteiger partial charge in [0.1, 0.15) is 11.5 Å². The van der Waals surface area contributed by atoms with Crippen LogP contribution in [0.1, 0.15) is 28.1 Å². The van der Waals surface area contributed by atoms with Gasteiger partial charge in [0, 0.05) is 23.4 Å². The summed E-state index contributed by atoms with van der Waals surface area (Å²) in [6.07, 6.45) is 2.96. The Morgan fingerprint density at radius 3 is 2.44 bits per heavy atom. The molecule has 34 heavy (non-hydrogen) atoms. The Hall–Kier alpha value is -4.07. The molecule has 8 heteroatoms. The fourth-order valence-corrected chi connectivity index (χ4v) is 3.40. The van der Waals surface area contributed by atoms with Crippen LogP contribution < -0.4 is 14.8 Å². The van der Waals surface area contributed by atoms with Crippen LogP contribution in [0.25, 0.3) is 6.08 Å². The second-order valence-electron chi connectivity index (χ2n) is 7.78. The Bertz CT molecular complexity index is 1200. The molecule has 0 fully saturated rings. The Morgan fingerprint density at radius 2 is 1.76 bits per heavy atom. The van der Waals surface area contributed by atoms with Gasteiger partial charge < -0.3 is 19.5 Å². The van der Waals surface area contributed by atoms with Crippen molar-refractivity contribution in [2.24, 2.45) is 0 Å². The highest BCUT2D eigenvalue weighted by Crippen LogP contribution is 2.28. The number of anilines is 1. The molecule has 0 bridgehead atoms. The van der Waals surface area contributed by atoms with Crippen molar-refractivity contribution < 1.29 is 23.8 Å². The molecule has 0 aliphatic carbocycles. The van der Waals surface area contributed by atoms with Crippen LogP contribution in [0.3, 0.4) is 0 Å². The topological polar surface area (TPSA) is 91.7 Å². The van der Waals surface area contributed by atoms with Crippen molar-refractivity contribution in [2.75, 3.05) is 26.1 Å². The van der Waals surface area contributed by atoms with Gasteiger partial charge in [0.05, 0.1) is 32.1 Å². The maximum atomic E-state index is 12.2. The number of nitrogens with zero attached hydrogens (tertiary/aromatic N) is 2. The van der Waals surface area contributed by atoms with Gasteiger partial charge in [-0.25, -0.2) is 4.79 Å². The average Bonchev–Trinajstić information content (AvgIpc) is 3.10.